The van der Waals surface area contributed by atoms with Gasteiger partial charge in [-0.3, -0.25) is 4.79 Å². The molecule has 0 saturated carbocycles. The van der Waals surface area contributed by atoms with Crippen molar-refractivity contribution < 1.29 is 24.2 Å². The topological polar surface area (TPSA) is 105 Å². The summed E-state index contributed by atoms with van der Waals surface area (Å²) in [5, 5.41) is 14.5. The minimum absolute atomic E-state index is 0.00545. The highest BCUT2D eigenvalue weighted by molar-refractivity contribution is 9.10. The molecule has 0 aliphatic heterocycles. The van der Waals surface area contributed by atoms with E-state index < -0.39 is 12.1 Å². The highest BCUT2D eigenvalue weighted by atomic mass is 79.9. The Morgan fingerprint density at radius 1 is 0.971 bits per heavy atom. The first kappa shape index (κ1) is 24.8. The normalized spacial score (nSPS) is 11.9. The zero-order valence-electron chi connectivity index (χ0n) is 18.6. The zero-order valence-corrected chi connectivity index (χ0v) is 21.0. The predicted octanol–water partition coefficient (Wildman–Crippen LogP) is 5.36. The summed E-state index contributed by atoms with van der Waals surface area (Å²) in [5.41, 5.74) is 5.14. The van der Waals surface area contributed by atoms with Crippen LogP contribution in [0.25, 0.3) is 11.1 Å². The van der Waals surface area contributed by atoms with Gasteiger partial charge in [0, 0.05) is 28.4 Å². The van der Waals surface area contributed by atoms with Crippen molar-refractivity contribution in [2.45, 2.75) is 5.92 Å². The molecule has 0 atom stereocenters. The van der Waals surface area contributed by atoms with Crippen molar-refractivity contribution in [1.29, 1.82) is 0 Å². The minimum Gasteiger partial charge on any atom is -0.478 e. The number of thioether (sulfide) groups is 1. The minimum atomic E-state index is -1.07. The fraction of sp³-hybridized carbons (Fsp3) is 0.192. The Morgan fingerprint density at radius 2 is 1.63 bits per heavy atom. The highest BCUT2D eigenvalue weighted by Crippen LogP contribution is 2.44. The number of rotatable bonds is 9. The molecule has 3 aromatic rings. The van der Waals surface area contributed by atoms with E-state index >= 15 is 0 Å². The number of carboxylic acids is 1. The molecule has 0 radical (unpaired) electrons. The first-order valence-corrected chi connectivity index (χ1v) is 12.9. The Bertz CT molecular complexity index is 1220. The summed E-state index contributed by atoms with van der Waals surface area (Å²) >= 11 is 4.59. The summed E-state index contributed by atoms with van der Waals surface area (Å²) in [6.07, 6.45) is -0.493. The van der Waals surface area contributed by atoms with E-state index in [1.807, 2.05) is 24.3 Å². The summed E-state index contributed by atoms with van der Waals surface area (Å²) < 4.78 is 6.06. The standard InChI is InChI=1S/C26H23BrN2O5S/c27-17-11-16(25(31)32)12-18(13-17)29-24(30)15-35-10-9-28-26(33)34-14-23-21-7-3-1-5-19(21)20-6-2-4-8-22(20)23/h1-8,11-13,23H,9-10,14-15H2,(H,28,33)(H,29,30)(H,31,32). The van der Waals surface area contributed by atoms with Crippen LogP contribution in [0.15, 0.2) is 71.2 Å². The summed E-state index contributed by atoms with van der Waals surface area (Å²) in [4.78, 5) is 35.5. The van der Waals surface area contributed by atoms with Gasteiger partial charge in [0.1, 0.15) is 6.61 Å². The average molecular weight is 555 g/mol. The average Bonchev–Trinajstić information content (AvgIpc) is 3.16. The number of nitrogens with one attached hydrogen (secondary N) is 2. The quantitative estimate of drug-likeness (QED) is 0.307. The first-order valence-electron chi connectivity index (χ1n) is 10.9. The van der Waals surface area contributed by atoms with Crippen molar-refractivity contribution in [2.75, 3.05) is 30.0 Å². The zero-order chi connectivity index (χ0) is 24.8. The van der Waals surface area contributed by atoms with Crippen molar-refractivity contribution in [3.05, 3.63) is 87.9 Å². The lowest BCUT2D eigenvalue weighted by atomic mass is 9.98. The Morgan fingerprint density at radius 3 is 2.29 bits per heavy atom. The Labute approximate surface area is 215 Å². The molecule has 0 unspecified atom stereocenters. The number of hydrogen-bond donors (Lipinski definition) is 3. The van der Waals surface area contributed by atoms with Gasteiger partial charge >= 0.3 is 12.1 Å². The van der Waals surface area contributed by atoms with Crippen LogP contribution in [-0.4, -0.2) is 47.7 Å². The van der Waals surface area contributed by atoms with Crippen molar-refractivity contribution in [3.8, 4) is 11.1 Å². The van der Waals surface area contributed by atoms with Gasteiger partial charge in [-0.15, -0.1) is 0 Å². The highest BCUT2D eigenvalue weighted by Gasteiger charge is 2.28. The smallest absolute Gasteiger partial charge is 0.407 e. The van der Waals surface area contributed by atoms with E-state index in [1.165, 1.54) is 35.0 Å². The lowest BCUT2D eigenvalue weighted by Crippen LogP contribution is -2.28. The van der Waals surface area contributed by atoms with Crippen LogP contribution in [0.3, 0.4) is 0 Å². The molecule has 3 aromatic carbocycles. The molecule has 0 spiro atoms. The molecule has 0 aromatic heterocycles. The summed E-state index contributed by atoms with van der Waals surface area (Å²) in [5.74, 6) is -0.635. The molecule has 0 fully saturated rings. The number of carbonyl (C=O) groups excluding carboxylic acids is 2. The number of halogens is 1. The Hall–Kier alpha value is -3.30. The Balaban J connectivity index is 1.18. The molecule has 4 rings (SSSR count). The number of fused-ring (bicyclic) bond motifs is 3. The van der Waals surface area contributed by atoms with Crippen molar-refractivity contribution in [3.63, 3.8) is 0 Å². The van der Waals surface area contributed by atoms with E-state index in [-0.39, 0.29) is 29.7 Å². The van der Waals surface area contributed by atoms with Gasteiger partial charge < -0.3 is 20.5 Å². The number of alkyl carbamates (subject to hydrolysis) is 1. The largest absolute Gasteiger partial charge is 0.478 e. The fourth-order valence-electron chi connectivity index (χ4n) is 4.02. The molecule has 1 aliphatic carbocycles. The molecule has 180 valence electrons. The van der Waals surface area contributed by atoms with E-state index in [2.05, 4.69) is 50.8 Å². The van der Waals surface area contributed by atoms with Crippen LogP contribution in [-0.2, 0) is 9.53 Å². The number of benzene rings is 3. The second-order valence-corrected chi connectivity index (χ2v) is 9.91. The number of hydrogen-bond acceptors (Lipinski definition) is 5. The van der Waals surface area contributed by atoms with Crippen LogP contribution in [0.4, 0.5) is 10.5 Å². The van der Waals surface area contributed by atoms with Gasteiger partial charge in [-0.2, -0.15) is 11.8 Å². The molecule has 0 heterocycles. The third-order valence-electron chi connectivity index (χ3n) is 5.52. The molecule has 9 heteroatoms. The van der Waals surface area contributed by atoms with Gasteiger partial charge in [0.05, 0.1) is 11.3 Å². The molecular weight excluding hydrogens is 532 g/mol. The molecule has 2 amide bonds. The molecule has 35 heavy (non-hydrogen) atoms. The van der Waals surface area contributed by atoms with Crippen LogP contribution >= 0.6 is 27.7 Å². The molecule has 1 aliphatic rings. The number of amides is 2. The fourth-order valence-corrected chi connectivity index (χ4v) is 5.16. The molecule has 3 N–H and O–H groups in total. The van der Waals surface area contributed by atoms with Crippen molar-refractivity contribution in [2.24, 2.45) is 0 Å². The monoisotopic (exact) mass is 554 g/mol. The van der Waals surface area contributed by atoms with Gasteiger partial charge in [-0.05, 0) is 40.5 Å². The molecule has 0 bridgehead atoms. The van der Waals surface area contributed by atoms with Crippen LogP contribution < -0.4 is 10.6 Å². The van der Waals surface area contributed by atoms with Gasteiger partial charge in [0.15, 0.2) is 0 Å². The van der Waals surface area contributed by atoms with E-state index in [4.69, 9.17) is 9.84 Å². The van der Waals surface area contributed by atoms with Crippen molar-refractivity contribution in [1.82, 2.24) is 5.32 Å². The number of ether oxygens (including phenoxy) is 1. The summed E-state index contributed by atoms with van der Waals surface area (Å²) in [7, 11) is 0. The summed E-state index contributed by atoms with van der Waals surface area (Å²) in [6.45, 7) is 0.606. The van der Waals surface area contributed by atoms with Gasteiger partial charge in [-0.1, -0.05) is 64.5 Å². The summed E-state index contributed by atoms with van der Waals surface area (Å²) in [6, 6.07) is 20.8. The number of carbonyl (C=O) groups is 3. The Kier molecular flexibility index (Phi) is 8.09. The van der Waals surface area contributed by atoms with E-state index in [0.29, 0.717) is 22.5 Å². The van der Waals surface area contributed by atoms with E-state index in [9.17, 15) is 14.4 Å². The maximum atomic E-state index is 12.2. The first-order chi connectivity index (χ1) is 16.9. The van der Waals surface area contributed by atoms with E-state index in [0.717, 1.165) is 11.1 Å². The second kappa shape index (κ2) is 11.4. The second-order valence-electron chi connectivity index (χ2n) is 7.89. The molecule has 0 saturated heterocycles. The van der Waals surface area contributed by atoms with Crippen LogP contribution in [0.2, 0.25) is 0 Å². The third kappa shape index (κ3) is 6.23. The maximum Gasteiger partial charge on any atom is 0.407 e. The van der Waals surface area contributed by atoms with Crippen molar-refractivity contribution >= 4 is 51.3 Å². The predicted molar refractivity (Wildman–Crippen MR) is 140 cm³/mol. The van der Waals surface area contributed by atoms with Gasteiger partial charge in [0.25, 0.3) is 0 Å². The molecular formula is C26H23BrN2O5S. The lowest BCUT2D eigenvalue weighted by Gasteiger charge is -2.14. The van der Waals surface area contributed by atoms with Crippen LogP contribution in [0.1, 0.15) is 27.4 Å². The SMILES string of the molecule is O=C(CSCCNC(=O)OCC1c2ccccc2-c2ccccc21)Nc1cc(Br)cc(C(=O)O)c1. The van der Waals surface area contributed by atoms with Gasteiger partial charge in [0.2, 0.25) is 5.91 Å². The number of anilines is 1. The third-order valence-corrected chi connectivity index (χ3v) is 6.94. The molecule has 7 nitrogen and oxygen atoms in total. The number of aromatic carboxylic acids is 1. The maximum absolute atomic E-state index is 12.2. The van der Waals surface area contributed by atoms with Crippen LogP contribution in [0, 0.1) is 0 Å². The number of carboxylic acid groups (broad SMARTS) is 1. The van der Waals surface area contributed by atoms with Crippen LogP contribution in [0.5, 0.6) is 0 Å². The lowest BCUT2D eigenvalue weighted by molar-refractivity contribution is -0.113. The van der Waals surface area contributed by atoms with Gasteiger partial charge in [-0.25, -0.2) is 9.59 Å². The van der Waals surface area contributed by atoms with E-state index in [1.54, 1.807) is 6.07 Å².